The Balaban J connectivity index is 2.17. The minimum atomic E-state index is -0.225. The quantitative estimate of drug-likeness (QED) is 0.508. The van der Waals surface area contributed by atoms with Crippen molar-refractivity contribution in [3.05, 3.63) is 47.3 Å². The van der Waals surface area contributed by atoms with Gasteiger partial charge in [-0.1, -0.05) is 39.0 Å². The van der Waals surface area contributed by atoms with E-state index in [-0.39, 0.29) is 17.2 Å². The number of anilines is 2. The number of thiophene rings is 2. The van der Waals surface area contributed by atoms with Crippen molar-refractivity contribution in [1.82, 2.24) is 0 Å². The molecule has 0 atom stereocenters. The summed E-state index contributed by atoms with van der Waals surface area (Å²) < 4.78 is 0. The van der Waals surface area contributed by atoms with E-state index in [2.05, 4.69) is 43.6 Å². The number of rotatable bonds is 4. The molecule has 3 rings (SSSR count). The summed E-state index contributed by atoms with van der Waals surface area (Å²) in [5.41, 5.74) is 10.4. The van der Waals surface area contributed by atoms with Crippen LogP contribution in [0.15, 0.2) is 41.8 Å². The molecule has 3 N–H and O–H groups in total. The first-order chi connectivity index (χ1) is 12.3. The third-order valence-corrected chi connectivity index (χ3v) is 6.30. The number of carbonyl (C=O) groups excluding carboxylic acids is 1. The highest BCUT2D eigenvalue weighted by molar-refractivity contribution is 7.24. The van der Waals surface area contributed by atoms with Gasteiger partial charge >= 0.3 is 0 Å². The molecule has 3 aromatic rings. The molecule has 0 fully saturated rings. The number of benzene rings is 1. The van der Waals surface area contributed by atoms with Gasteiger partial charge in [-0.2, -0.15) is 0 Å². The van der Waals surface area contributed by atoms with Crippen molar-refractivity contribution in [3.8, 4) is 20.9 Å². The maximum atomic E-state index is 11.6. The van der Waals surface area contributed by atoms with E-state index < -0.39 is 0 Å². The van der Waals surface area contributed by atoms with E-state index in [4.69, 9.17) is 17.3 Å². The first-order valence-electron chi connectivity index (χ1n) is 8.24. The lowest BCUT2D eigenvalue weighted by Crippen LogP contribution is -2.13. The number of hydrogen-bond acceptors (Lipinski definition) is 4. The monoisotopic (exact) mass is 404 g/mol. The van der Waals surface area contributed by atoms with Crippen molar-refractivity contribution in [2.45, 2.75) is 26.2 Å². The molecule has 0 aliphatic heterocycles. The van der Waals surface area contributed by atoms with Crippen LogP contribution >= 0.6 is 34.3 Å². The summed E-state index contributed by atoms with van der Waals surface area (Å²) in [6.07, 6.45) is 0. The standard InChI is InChI=1S/C20H21ClN2OS2/c1-20(2,3)17-16(19(22)26-18(17)14-8-5-9-25-14)12-6-4-7-13(10-12)23-15(24)11-21/h4-10H,11,22H2,1-3H3,(H,23,24). The fourth-order valence-corrected chi connectivity index (χ4v) is 5.21. The second-order valence-electron chi connectivity index (χ2n) is 7.04. The number of nitrogens with one attached hydrogen (secondary N) is 1. The Kier molecular flexibility index (Phi) is 5.42. The van der Waals surface area contributed by atoms with E-state index in [1.54, 1.807) is 22.7 Å². The van der Waals surface area contributed by atoms with Crippen molar-refractivity contribution >= 4 is 50.9 Å². The van der Waals surface area contributed by atoms with Crippen LogP contribution in [0.3, 0.4) is 0 Å². The lowest BCUT2D eigenvalue weighted by atomic mass is 9.82. The van der Waals surface area contributed by atoms with Gasteiger partial charge in [-0.25, -0.2) is 0 Å². The minimum absolute atomic E-state index is 0.0689. The summed E-state index contributed by atoms with van der Waals surface area (Å²) >= 11 is 8.95. The van der Waals surface area contributed by atoms with Crippen molar-refractivity contribution in [2.24, 2.45) is 0 Å². The van der Waals surface area contributed by atoms with Crippen LogP contribution in [0.25, 0.3) is 20.9 Å². The average molecular weight is 405 g/mol. The van der Waals surface area contributed by atoms with Gasteiger partial charge in [-0.3, -0.25) is 4.79 Å². The molecule has 1 aromatic carbocycles. The molecule has 0 saturated heterocycles. The van der Waals surface area contributed by atoms with Gasteiger partial charge in [0.05, 0.1) is 9.88 Å². The maximum absolute atomic E-state index is 11.6. The number of halogens is 1. The third kappa shape index (κ3) is 3.80. The van der Waals surface area contributed by atoms with Crippen molar-refractivity contribution in [1.29, 1.82) is 0 Å². The van der Waals surface area contributed by atoms with Crippen LogP contribution in [0.2, 0.25) is 0 Å². The summed E-state index contributed by atoms with van der Waals surface area (Å²) in [5.74, 6) is -0.293. The Morgan fingerprint density at radius 1 is 1.23 bits per heavy atom. The van der Waals surface area contributed by atoms with E-state index >= 15 is 0 Å². The average Bonchev–Trinajstić information content (AvgIpc) is 3.21. The number of carbonyl (C=O) groups is 1. The van der Waals surface area contributed by atoms with Gasteiger partial charge in [-0.15, -0.1) is 34.3 Å². The van der Waals surface area contributed by atoms with E-state index in [1.807, 2.05) is 24.3 Å². The van der Waals surface area contributed by atoms with Gasteiger partial charge in [0.1, 0.15) is 5.88 Å². The number of nitrogens with two attached hydrogens (primary N) is 1. The van der Waals surface area contributed by atoms with Gasteiger partial charge in [0.2, 0.25) is 5.91 Å². The van der Waals surface area contributed by atoms with Crippen LogP contribution in [0.1, 0.15) is 26.3 Å². The largest absolute Gasteiger partial charge is 0.390 e. The highest BCUT2D eigenvalue weighted by Gasteiger charge is 2.28. The molecule has 3 nitrogen and oxygen atoms in total. The molecule has 0 unspecified atom stereocenters. The molecular formula is C20H21ClN2OS2. The van der Waals surface area contributed by atoms with Gasteiger partial charge in [0.15, 0.2) is 0 Å². The van der Waals surface area contributed by atoms with E-state index in [1.165, 1.54) is 15.3 Å². The maximum Gasteiger partial charge on any atom is 0.239 e. The van der Waals surface area contributed by atoms with Crippen LogP contribution in [0.4, 0.5) is 10.7 Å². The second-order valence-corrected chi connectivity index (χ2v) is 9.30. The Morgan fingerprint density at radius 3 is 2.62 bits per heavy atom. The molecule has 0 aliphatic carbocycles. The van der Waals surface area contributed by atoms with Crippen LogP contribution < -0.4 is 11.1 Å². The molecule has 136 valence electrons. The van der Waals surface area contributed by atoms with Crippen LogP contribution in [0, 0.1) is 0 Å². The highest BCUT2D eigenvalue weighted by atomic mass is 35.5. The summed E-state index contributed by atoms with van der Waals surface area (Å²) in [6, 6.07) is 12.0. The zero-order valence-electron chi connectivity index (χ0n) is 14.9. The van der Waals surface area contributed by atoms with Crippen LogP contribution in [0.5, 0.6) is 0 Å². The number of alkyl halides is 1. The zero-order valence-corrected chi connectivity index (χ0v) is 17.3. The smallest absolute Gasteiger partial charge is 0.239 e. The predicted molar refractivity (Wildman–Crippen MR) is 116 cm³/mol. The molecular weight excluding hydrogens is 384 g/mol. The van der Waals surface area contributed by atoms with Crippen molar-refractivity contribution in [3.63, 3.8) is 0 Å². The Morgan fingerprint density at radius 2 is 2.00 bits per heavy atom. The Bertz CT molecular complexity index is 924. The molecule has 0 bridgehead atoms. The Hall–Kier alpha value is -1.82. The van der Waals surface area contributed by atoms with E-state index in [0.717, 1.165) is 21.8 Å². The molecule has 2 heterocycles. The fourth-order valence-electron chi connectivity index (χ4n) is 2.98. The first kappa shape index (κ1) is 19.0. The van der Waals surface area contributed by atoms with Gasteiger partial charge in [0.25, 0.3) is 0 Å². The molecule has 2 aromatic heterocycles. The predicted octanol–water partition coefficient (Wildman–Crippen LogP) is 6.20. The van der Waals surface area contributed by atoms with Crippen molar-refractivity contribution in [2.75, 3.05) is 16.9 Å². The molecule has 0 saturated carbocycles. The van der Waals surface area contributed by atoms with Crippen LogP contribution in [-0.4, -0.2) is 11.8 Å². The molecule has 6 heteroatoms. The zero-order chi connectivity index (χ0) is 18.9. The topological polar surface area (TPSA) is 55.1 Å². The normalized spacial score (nSPS) is 11.5. The van der Waals surface area contributed by atoms with E-state index in [9.17, 15) is 4.79 Å². The molecule has 0 spiro atoms. The Labute approximate surface area is 166 Å². The summed E-state index contributed by atoms with van der Waals surface area (Å²) in [4.78, 5) is 14.1. The first-order valence-corrected chi connectivity index (χ1v) is 10.5. The van der Waals surface area contributed by atoms with Gasteiger partial charge < -0.3 is 11.1 Å². The third-order valence-electron chi connectivity index (χ3n) is 3.99. The number of amides is 1. The SMILES string of the molecule is CC(C)(C)c1c(-c2cccs2)sc(N)c1-c1cccc(NC(=O)CCl)c1. The van der Waals surface area contributed by atoms with Crippen LogP contribution in [-0.2, 0) is 10.2 Å². The van der Waals surface area contributed by atoms with Gasteiger partial charge in [-0.05, 0) is 40.1 Å². The summed E-state index contributed by atoms with van der Waals surface area (Å²) in [6.45, 7) is 6.61. The molecule has 0 radical (unpaired) electrons. The molecule has 0 aliphatic rings. The highest BCUT2D eigenvalue weighted by Crippen LogP contribution is 2.50. The van der Waals surface area contributed by atoms with Gasteiger partial charge in [0, 0.05) is 16.1 Å². The lowest BCUT2D eigenvalue weighted by Gasteiger charge is -2.22. The summed E-state index contributed by atoms with van der Waals surface area (Å²) in [7, 11) is 0. The second kappa shape index (κ2) is 7.43. The van der Waals surface area contributed by atoms with Crippen molar-refractivity contribution < 1.29 is 4.79 Å². The number of nitrogen functional groups attached to an aromatic ring is 1. The summed E-state index contributed by atoms with van der Waals surface area (Å²) in [5, 5.41) is 5.68. The van der Waals surface area contributed by atoms with E-state index in [0.29, 0.717) is 0 Å². The minimum Gasteiger partial charge on any atom is -0.390 e. The fraction of sp³-hybridized carbons (Fsp3) is 0.250. The molecule has 26 heavy (non-hydrogen) atoms. The lowest BCUT2D eigenvalue weighted by molar-refractivity contribution is -0.113. The molecule has 1 amide bonds. The number of hydrogen-bond donors (Lipinski definition) is 2.